The van der Waals surface area contributed by atoms with Crippen LogP contribution in [0.5, 0.6) is 0 Å². The zero-order valence-electron chi connectivity index (χ0n) is 9.04. The summed E-state index contributed by atoms with van der Waals surface area (Å²) in [6, 6.07) is 2.30. The number of likely N-dealkylation sites (N-methyl/N-ethyl adjacent to an activating group) is 1. The van der Waals surface area contributed by atoms with Crippen LogP contribution in [0, 0.1) is 0 Å². The van der Waals surface area contributed by atoms with Gasteiger partial charge in [-0.1, -0.05) is 0 Å². The van der Waals surface area contributed by atoms with Gasteiger partial charge >= 0.3 is 5.97 Å². The first-order valence-corrected chi connectivity index (χ1v) is 4.65. The number of aromatic nitrogens is 1. The highest BCUT2D eigenvalue weighted by molar-refractivity contribution is 5.98. The van der Waals surface area contributed by atoms with E-state index in [1.807, 2.05) is 0 Å². The maximum absolute atomic E-state index is 11.1. The molecular formula is C10H13N3O3. The standard InChI is InChI=1S/C10H13N3O3/c1-6(10(15)16)13(2)9-7(8(11)14)4-3-5-12-9/h3-6H,1-2H3,(H2,11,14)(H,15,16). The minimum atomic E-state index is -0.997. The van der Waals surface area contributed by atoms with Crippen LogP contribution in [0.1, 0.15) is 17.3 Å². The van der Waals surface area contributed by atoms with Crippen molar-refractivity contribution in [2.45, 2.75) is 13.0 Å². The van der Waals surface area contributed by atoms with Crippen molar-refractivity contribution >= 4 is 17.7 Å². The Kier molecular flexibility index (Phi) is 3.44. The van der Waals surface area contributed by atoms with Gasteiger partial charge in [0.2, 0.25) is 0 Å². The largest absolute Gasteiger partial charge is 0.480 e. The molecule has 0 spiro atoms. The highest BCUT2D eigenvalue weighted by atomic mass is 16.4. The van der Waals surface area contributed by atoms with Crippen LogP contribution in [0.25, 0.3) is 0 Å². The summed E-state index contributed by atoms with van der Waals surface area (Å²) in [6.45, 7) is 1.50. The summed E-state index contributed by atoms with van der Waals surface area (Å²) >= 11 is 0. The predicted octanol–water partition coefficient (Wildman–Crippen LogP) is 0.0898. The van der Waals surface area contributed by atoms with E-state index in [1.165, 1.54) is 24.1 Å². The minimum absolute atomic E-state index is 0.207. The van der Waals surface area contributed by atoms with Crippen molar-refractivity contribution in [3.8, 4) is 0 Å². The van der Waals surface area contributed by atoms with Crippen LogP contribution >= 0.6 is 0 Å². The smallest absolute Gasteiger partial charge is 0.326 e. The SMILES string of the molecule is CC(C(=O)O)N(C)c1ncccc1C(N)=O. The molecule has 1 atom stereocenters. The van der Waals surface area contributed by atoms with Gasteiger partial charge in [-0.05, 0) is 19.1 Å². The van der Waals surface area contributed by atoms with Gasteiger partial charge in [-0.2, -0.15) is 0 Å². The van der Waals surface area contributed by atoms with Crippen molar-refractivity contribution in [2.24, 2.45) is 5.73 Å². The monoisotopic (exact) mass is 223 g/mol. The molecule has 1 heterocycles. The average Bonchev–Trinajstić information content (AvgIpc) is 2.26. The van der Waals surface area contributed by atoms with Gasteiger partial charge in [0.05, 0.1) is 5.56 Å². The highest BCUT2D eigenvalue weighted by Gasteiger charge is 2.21. The van der Waals surface area contributed by atoms with Gasteiger partial charge in [-0.15, -0.1) is 0 Å². The molecule has 6 heteroatoms. The number of hydrogen-bond donors (Lipinski definition) is 2. The molecule has 0 saturated heterocycles. The van der Waals surface area contributed by atoms with Crippen molar-refractivity contribution in [1.29, 1.82) is 0 Å². The van der Waals surface area contributed by atoms with Crippen LogP contribution < -0.4 is 10.6 Å². The number of anilines is 1. The molecule has 1 rings (SSSR count). The van der Waals surface area contributed by atoms with Crippen molar-refractivity contribution in [3.63, 3.8) is 0 Å². The molecule has 0 aliphatic carbocycles. The molecule has 1 aromatic heterocycles. The molecular weight excluding hydrogens is 210 g/mol. The maximum Gasteiger partial charge on any atom is 0.326 e. The topological polar surface area (TPSA) is 96.5 Å². The predicted molar refractivity (Wildman–Crippen MR) is 58.3 cm³/mol. The number of rotatable bonds is 4. The molecule has 16 heavy (non-hydrogen) atoms. The van der Waals surface area contributed by atoms with Crippen molar-refractivity contribution < 1.29 is 14.7 Å². The van der Waals surface area contributed by atoms with Gasteiger partial charge in [-0.25, -0.2) is 9.78 Å². The lowest BCUT2D eigenvalue weighted by Gasteiger charge is -2.23. The fraction of sp³-hybridized carbons (Fsp3) is 0.300. The number of carboxylic acids is 1. The third-order valence-electron chi connectivity index (χ3n) is 2.32. The summed E-state index contributed by atoms with van der Waals surface area (Å²) in [5.74, 6) is -1.36. The Morgan fingerprint density at radius 2 is 2.19 bits per heavy atom. The quantitative estimate of drug-likeness (QED) is 0.754. The third kappa shape index (κ3) is 2.28. The highest BCUT2D eigenvalue weighted by Crippen LogP contribution is 2.17. The number of amides is 1. The molecule has 1 unspecified atom stereocenters. The number of carbonyl (C=O) groups excluding carboxylic acids is 1. The summed E-state index contributed by atoms with van der Waals surface area (Å²) in [5.41, 5.74) is 5.38. The first kappa shape index (κ1) is 12.0. The number of hydrogen-bond acceptors (Lipinski definition) is 4. The molecule has 0 aromatic carbocycles. The average molecular weight is 223 g/mol. The van der Waals surface area contributed by atoms with Gasteiger partial charge in [-0.3, -0.25) is 4.79 Å². The Morgan fingerprint density at radius 3 is 2.69 bits per heavy atom. The van der Waals surface area contributed by atoms with Crippen LogP contribution in [0.2, 0.25) is 0 Å². The lowest BCUT2D eigenvalue weighted by Crippen LogP contribution is -2.37. The lowest BCUT2D eigenvalue weighted by molar-refractivity contribution is -0.138. The summed E-state index contributed by atoms with van der Waals surface area (Å²) in [4.78, 5) is 27.3. The van der Waals surface area contributed by atoms with E-state index in [2.05, 4.69) is 4.98 Å². The second-order valence-corrected chi connectivity index (χ2v) is 3.36. The van der Waals surface area contributed by atoms with Gasteiger partial charge in [0.25, 0.3) is 5.91 Å². The number of nitrogens with zero attached hydrogens (tertiary/aromatic N) is 2. The molecule has 3 N–H and O–H groups in total. The molecule has 1 amide bonds. The van der Waals surface area contributed by atoms with Crippen LogP contribution in [0.3, 0.4) is 0 Å². The first-order valence-electron chi connectivity index (χ1n) is 4.65. The van der Waals surface area contributed by atoms with Crippen molar-refractivity contribution in [3.05, 3.63) is 23.9 Å². The number of carbonyl (C=O) groups is 2. The molecule has 0 saturated carbocycles. The Labute approximate surface area is 92.7 Å². The van der Waals surface area contributed by atoms with Crippen LogP contribution in [0.15, 0.2) is 18.3 Å². The first-order chi connectivity index (χ1) is 7.45. The number of nitrogens with two attached hydrogens (primary N) is 1. The van der Waals surface area contributed by atoms with E-state index < -0.39 is 17.9 Å². The van der Waals surface area contributed by atoms with Gasteiger partial charge in [0, 0.05) is 13.2 Å². The van der Waals surface area contributed by atoms with E-state index in [0.717, 1.165) is 0 Å². The van der Waals surface area contributed by atoms with Crippen molar-refractivity contribution in [2.75, 3.05) is 11.9 Å². The van der Waals surface area contributed by atoms with E-state index in [9.17, 15) is 9.59 Å². The zero-order chi connectivity index (χ0) is 12.3. The lowest BCUT2D eigenvalue weighted by atomic mass is 10.2. The van der Waals surface area contributed by atoms with E-state index in [1.54, 1.807) is 13.1 Å². The van der Waals surface area contributed by atoms with Crippen LogP contribution in [0.4, 0.5) is 5.82 Å². The van der Waals surface area contributed by atoms with E-state index in [4.69, 9.17) is 10.8 Å². The van der Waals surface area contributed by atoms with Gasteiger partial charge < -0.3 is 15.7 Å². The Bertz CT molecular complexity index is 420. The Morgan fingerprint density at radius 1 is 1.56 bits per heavy atom. The second kappa shape index (κ2) is 4.61. The van der Waals surface area contributed by atoms with E-state index >= 15 is 0 Å². The summed E-state index contributed by atoms with van der Waals surface area (Å²) in [7, 11) is 1.55. The summed E-state index contributed by atoms with van der Waals surface area (Å²) in [6.07, 6.45) is 1.48. The molecule has 0 fully saturated rings. The van der Waals surface area contributed by atoms with Crippen molar-refractivity contribution in [1.82, 2.24) is 4.98 Å². The van der Waals surface area contributed by atoms with Gasteiger partial charge in [0.1, 0.15) is 11.9 Å². The summed E-state index contributed by atoms with van der Waals surface area (Å²) < 4.78 is 0. The van der Waals surface area contributed by atoms with E-state index in [-0.39, 0.29) is 11.4 Å². The minimum Gasteiger partial charge on any atom is -0.480 e. The molecule has 6 nitrogen and oxygen atoms in total. The molecule has 0 aliphatic heterocycles. The fourth-order valence-electron chi connectivity index (χ4n) is 1.22. The van der Waals surface area contributed by atoms with Gasteiger partial charge in [0.15, 0.2) is 0 Å². The molecule has 86 valence electrons. The molecule has 0 radical (unpaired) electrons. The Balaban J connectivity index is 3.12. The van der Waals surface area contributed by atoms with Crippen LogP contribution in [-0.4, -0.2) is 35.1 Å². The zero-order valence-corrected chi connectivity index (χ0v) is 9.04. The number of aliphatic carboxylic acids is 1. The van der Waals surface area contributed by atoms with E-state index in [0.29, 0.717) is 0 Å². The molecule has 0 bridgehead atoms. The number of pyridine rings is 1. The molecule has 1 aromatic rings. The molecule has 0 aliphatic rings. The number of carboxylic acid groups (broad SMARTS) is 1. The normalized spacial score (nSPS) is 11.9. The second-order valence-electron chi connectivity index (χ2n) is 3.36. The van der Waals surface area contributed by atoms with Crippen LogP contribution in [-0.2, 0) is 4.79 Å². The number of primary amides is 1. The maximum atomic E-state index is 11.1. The fourth-order valence-corrected chi connectivity index (χ4v) is 1.22. The summed E-state index contributed by atoms with van der Waals surface area (Å²) in [5, 5.41) is 8.86. The third-order valence-corrected chi connectivity index (χ3v) is 2.32. The Hall–Kier alpha value is -2.11.